The van der Waals surface area contributed by atoms with E-state index in [1.807, 2.05) is 36.4 Å². The molecule has 3 rings (SSSR count). The molecule has 0 aromatic carbocycles. The maximum Gasteiger partial charge on any atom is 0.273 e. The second-order valence-corrected chi connectivity index (χ2v) is 7.98. The Morgan fingerprint density at radius 3 is 2.60 bits per heavy atom. The zero-order valence-corrected chi connectivity index (χ0v) is 15.5. The summed E-state index contributed by atoms with van der Waals surface area (Å²) >= 11 is 1.43. The second kappa shape index (κ2) is 6.95. The molecule has 7 nitrogen and oxygen atoms in total. The van der Waals surface area contributed by atoms with Crippen molar-refractivity contribution in [2.75, 3.05) is 18.4 Å². The second-order valence-electron chi connectivity index (χ2n) is 7.26. The molecule has 0 atom stereocenters. The van der Waals surface area contributed by atoms with Gasteiger partial charge in [0.25, 0.3) is 5.91 Å². The van der Waals surface area contributed by atoms with Crippen molar-refractivity contribution >= 4 is 29.0 Å². The molecule has 0 unspecified atom stereocenters. The summed E-state index contributed by atoms with van der Waals surface area (Å²) in [5.74, 6) is 0.663. The molecule has 0 bridgehead atoms. The number of piperidine rings is 1. The zero-order valence-electron chi connectivity index (χ0n) is 14.7. The van der Waals surface area contributed by atoms with E-state index in [4.69, 9.17) is 0 Å². The number of aromatic nitrogens is 3. The fourth-order valence-electron chi connectivity index (χ4n) is 2.80. The molecule has 1 fully saturated rings. The Morgan fingerprint density at radius 2 is 2.00 bits per heavy atom. The molecule has 2 aromatic heterocycles. The first kappa shape index (κ1) is 17.6. The van der Waals surface area contributed by atoms with Gasteiger partial charge in [-0.1, -0.05) is 20.8 Å². The fraction of sp³-hybridized carbons (Fsp3) is 0.529. The summed E-state index contributed by atoms with van der Waals surface area (Å²) in [7, 11) is 0. The van der Waals surface area contributed by atoms with Crippen LogP contribution < -0.4 is 5.32 Å². The number of rotatable bonds is 3. The lowest BCUT2D eigenvalue weighted by molar-refractivity contribution is -0.123. The van der Waals surface area contributed by atoms with Gasteiger partial charge in [-0.05, 0) is 12.8 Å². The Morgan fingerprint density at radius 1 is 1.28 bits per heavy atom. The molecule has 0 saturated carbocycles. The molecule has 1 saturated heterocycles. The van der Waals surface area contributed by atoms with Crippen molar-refractivity contribution in [3.63, 3.8) is 0 Å². The lowest BCUT2D eigenvalue weighted by atomic mass is 9.96. The van der Waals surface area contributed by atoms with E-state index in [0.29, 0.717) is 24.6 Å². The van der Waals surface area contributed by atoms with Crippen LogP contribution in [0, 0.1) is 5.41 Å². The minimum atomic E-state index is -0.460. The molecule has 0 spiro atoms. The Labute approximate surface area is 151 Å². The zero-order chi connectivity index (χ0) is 18.0. The summed E-state index contributed by atoms with van der Waals surface area (Å²) in [5, 5.41) is 9.12. The average molecular weight is 361 g/mol. The minimum Gasteiger partial charge on any atom is -0.337 e. The van der Waals surface area contributed by atoms with E-state index in [1.165, 1.54) is 11.3 Å². The maximum atomic E-state index is 12.4. The predicted octanol–water partition coefficient (Wildman–Crippen LogP) is 2.80. The fourth-order valence-corrected chi connectivity index (χ4v) is 3.33. The summed E-state index contributed by atoms with van der Waals surface area (Å²) in [6, 6.07) is 1.99. The van der Waals surface area contributed by atoms with Gasteiger partial charge < -0.3 is 10.2 Å². The molecule has 8 heteroatoms. The number of thiazole rings is 1. The van der Waals surface area contributed by atoms with Crippen LogP contribution in [0.3, 0.4) is 0 Å². The normalized spacial score (nSPS) is 16.0. The number of hydrogen-bond donors (Lipinski definition) is 1. The van der Waals surface area contributed by atoms with Gasteiger partial charge in [-0.3, -0.25) is 9.59 Å². The molecule has 134 valence electrons. The third-order valence-electron chi connectivity index (χ3n) is 4.34. The number of carbonyl (C=O) groups excluding carboxylic acids is 2. The number of likely N-dealkylation sites (tertiary alicyclic amines) is 1. The number of amides is 2. The van der Waals surface area contributed by atoms with Crippen LogP contribution in [0.25, 0.3) is 0 Å². The summed E-state index contributed by atoms with van der Waals surface area (Å²) in [5.41, 5.74) is 1.73. The lowest BCUT2D eigenvalue weighted by Gasteiger charge is -2.32. The van der Waals surface area contributed by atoms with Gasteiger partial charge in [0.15, 0.2) is 0 Å². The monoisotopic (exact) mass is 361 g/mol. The SMILES string of the molecule is CC(C)(C)C(=O)Nc1ccnn1C1CCN(C(=O)c2cscn2)CC1. The van der Waals surface area contributed by atoms with E-state index in [2.05, 4.69) is 15.4 Å². The molecule has 25 heavy (non-hydrogen) atoms. The number of hydrogen-bond acceptors (Lipinski definition) is 5. The number of nitrogens with one attached hydrogen (secondary N) is 1. The van der Waals surface area contributed by atoms with E-state index < -0.39 is 5.41 Å². The van der Waals surface area contributed by atoms with Gasteiger partial charge in [0, 0.05) is 30.0 Å². The molecule has 1 aliphatic rings. The van der Waals surface area contributed by atoms with Crippen molar-refractivity contribution in [2.45, 2.75) is 39.7 Å². The maximum absolute atomic E-state index is 12.4. The first-order valence-corrected chi connectivity index (χ1v) is 9.33. The van der Waals surface area contributed by atoms with Gasteiger partial charge >= 0.3 is 0 Å². The molecular formula is C17H23N5O2S. The Bertz CT molecular complexity index is 739. The van der Waals surface area contributed by atoms with Gasteiger partial charge in [0.05, 0.1) is 17.7 Å². The molecular weight excluding hydrogens is 338 g/mol. The summed E-state index contributed by atoms with van der Waals surface area (Å²) in [6.07, 6.45) is 3.30. The van der Waals surface area contributed by atoms with E-state index in [0.717, 1.165) is 12.8 Å². The Balaban J connectivity index is 1.63. The van der Waals surface area contributed by atoms with Crippen molar-refractivity contribution in [1.82, 2.24) is 19.7 Å². The van der Waals surface area contributed by atoms with Crippen molar-refractivity contribution in [3.05, 3.63) is 28.8 Å². The summed E-state index contributed by atoms with van der Waals surface area (Å²) < 4.78 is 1.87. The molecule has 0 radical (unpaired) electrons. The molecule has 2 amide bonds. The van der Waals surface area contributed by atoms with E-state index in [9.17, 15) is 9.59 Å². The van der Waals surface area contributed by atoms with Crippen LogP contribution >= 0.6 is 11.3 Å². The summed E-state index contributed by atoms with van der Waals surface area (Å²) in [4.78, 5) is 30.5. The van der Waals surface area contributed by atoms with Gasteiger partial charge in [0.2, 0.25) is 5.91 Å². The Hall–Kier alpha value is -2.22. The number of nitrogens with zero attached hydrogens (tertiary/aromatic N) is 4. The first-order chi connectivity index (χ1) is 11.9. The number of carbonyl (C=O) groups is 2. The van der Waals surface area contributed by atoms with Crippen molar-refractivity contribution in [1.29, 1.82) is 0 Å². The van der Waals surface area contributed by atoms with Crippen LogP contribution in [0.5, 0.6) is 0 Å². The predicted molar refractivity (Wildman–Crippen MR) is 96.6 cm³/mol. The molecule has 1 N–H and O–H groups in total. The smallest absolute Gasteiger partial charge is 0.273 e. The molecule has 2 aromatic rings. The van der Waals surface area contributed by atoms with E-state index in [1.54, 1.807) is 17.1 Å². The lowest BCUT2D eigenvalue weighted by Crippen LogP contribution is -2.39. The molecule has 0 aliphatic carbocycles. The van der Waals surface area contributed by atoms with Crippen LogP contribution in [0.15, 0.2) is 23.2 Å². The third kappa shape index (κ3) is 3.89. The van der Waals surface area contributed by atoms with Crippen LogP contribution in [0.1, 0.15) is 50.1 Å². The van der Waals surface area contributed by atoms with Crippen molar-refractivity contribution < 1.29 is 9.59 Å². The average Bonchev–Trinajstić information content (AvgIpc) is 3.25. The molecule has 3 heterocycles. The highest BCUT2D eigenvalue weighted by atomic mass is 32.1. The van der Waals surface area contributed by atoms with E-state index >= 15 is 0 Å². The highest BCUT2D eigenvalue weighted by Gasteiger charge is 2.28. The minimum absolute atomic E-state index is 0.0126. The molecule has 1 aliphatic heterocycles. The van der Waals surface area contributed by atoms with Crippen molar-refractivity contribution in [2.24, 2.45) is 5.41 Å². The standard InChI is InChI=1S/C17H23N5O2S/c1-17(2,3)16(24)20-14-4-7-19-22(14)12-5-8-21(9-6-12)15(23)13-10-25-11-18-13/h4,7,10-12H,5-6,8-9H2,1-3H3,(H,20,24). The largest absolute Gasteiger partial charge is 0.337 e. The van der Waals surface area contributed by atoms with Gasteiger partial charge in [-0.2, -0.15) is 5.10 Å². The van der Waals surface area contributed by atoms with Crippen molar-refractivity contribution in [3.8, 4) is 0 Å². The van der Waals surface area contributed by atoms with Gasteiger partial charge in [-0.25, -0.2) is 9.67 Å². The first-order valence-electron chi connectivity index (χ1n) is 8.38. The summed E-state index contributed by atoms with van der Waals surface area (Å²) in [6.45, 7) is 6.96. The highest BCUT2D eigenvalue weighted by molar-refractivity contribution is 7.07. The van der Waals surface area contributed by atoms with E-state index in [-0.39, 0.29) is 17.9 Å². The van der Waals surface area contributed by atoms with Crippen LogP contribution in [-0.2, 0) is 4.79 Å². The topological polar surface area (TPSA) is 80.1 Å². The highest BCUT2D eigenvalue weighted by Crippen LogP contribution is 2.27. The van der Waals surface area contributed by atoms with Crippen LogP contribution in [0.2, 0.25) is 0 Å². The van der Waals surface area contributed by atoms with Gasteiger partial charge in [0.1, 0.15) is 11.5 Å². The van der Waals surface area contributed by atoms with Crippen LogP contribution in [-0.4, -0.2) is 44.6 Å². The number of anilines is 1. The quantitative estimate of drug-likeness (QED) is 0.911. The van der Waals surface area contributed by atoms with Crippen LogP contribution in [0.4, 0.5) is 5.82 Å². The third-order valence-corrected chi connectivity index (χ3v) is 4.93. The van der Waals surface area contributed by atoms with Gasteiger partial charge in [-0.15, -0.1) is 11.3 Å². The Kier molecular flexibility index (Phi) is 4.89.